The standard InChI is InChI=1S/C11H11BrN2O2/c1-14-6-7(5-10(15)16-2)11-8(14)3-4-9(12)13-11/h3-4,6H,5H2,1-2H3. The first-order valence-corrected chi connectivity index (χ1v) is 5.58. The first-order valence-electron chi connectivity index (χ1n) is 4.79. The van der Waals surface area contributed by atoms with Crippen LogP contribution >= 0.6 is 15.9 Å². The zero-order valence-electron chi connectivity index (χ0n) is 9.03. The average molecular weight is 283 g/mol. The molecule has 2 heterocycles. The minimum atomic E-state index is -0.255. The Morgan fingerprint density at radius 1 is 1.56 bits per heavy atom. The van der Waals surface area contributed by atoms with Crippen molar-refractivity contribution in [2.75, 3.05) is 7.11 Å². The fourth-order valence-corrected chi connectivity index (χ4v) is 1.98. The summed E-state index contributed by atoms with van der Waals surface area (Å²) in [6.45, 7) is 0. The highest BCUT2D eigenvalue weighted by Gasteiger charge is 2.12. The number of carbonyl (C=O) groups is 1. The van der Waals surface area contributed by atoms with Gasteiger partial charge in [0.05, 0.1) is 24.6 Å². The smallest absolute Gasteiger partial charge is 0.310 e. The van der Waals surface area contributed by atoms with E-state index in [1.807, 2.05) is 29.9 Å². The van der Waals surface area contributed by atoms with Crippen LogP contribution in [0.4, 0.5) is 0 Å². The number of halogens is 1. The molecular formula is C11H11BrN2O2. The average Bonchev–Trinajstić information content (AvgIpc) is 2.55. The van der Waals surface area contributed by atoms with E-state index in [2.05, 4.69) is 25.7 Å². The van der Waals surface area contributed by atoms with E-state index in [0.717, 1.165) is 21.2 Å². The van der Waals surface area contributed by atoms with E-state index in [9.17, 15) is 4.79 Å². The van der Waals surface area contributed by atoms with Crippen molar-refractivity contribution in [3.63, 3.8) is 0 Å². The van der Waals surface area contributed by atoms with Gasteiger partial charge in [0.2, 0.25) is 0 Å². The Morgan fingerprint density at radius 3 is 3.00 bits per heavy atom. The quantitative estimate of drug-likeness (QED) is 0.626. The molecule has 2 aromatic rings. The fourth-order valence-electron chi connectivity index (χ4n) is 1.67. The monoisotopic (exact) mass is 282 g/mol. The maximum absolute atomic E-state index is 11.2. The van der Waals surface area contributed by atoms with Gasteiger partial charge in [0, 0.05) is 18.8 Å². The second-order valence-corrected chi connectivity index (χ2v) is 4.33. The van der Waals surface area contributed by atoms with Gasteiger partial charge >= 0.3 is 5.97 Å². The van der Waals surface area contributed by atoms with Crippen molar-refractivity contribution in [1.29, 1.82) is 0 Å². The first kappa shape index (κ1) is 11.1. The number of aryl methyl sites for hydroxylation is 1. The lowest BCUT2D eigenvalue weighted by atomic mass is 10.2. The molecule has 0 radical (unpaired) electrons. The minimum Gasteiger partial charge on any atom is -0.469 e. The summed E-state index contributed by atoms with van der Waals surface area (Å²) in [5.74, 6) is -0.255. The molecule has 0 N–H and O–H groups in total. The van der Waals surface area contributed by atoms with E-state index in [4.69, 9.17) is 0 Å². The molecule has 0 atom stereocenters. The lowest BCUT2D eigenvalue weighted by Gasteiger charge is -1.97. The third-order valence-electron chi connectivity index (χ3n) is 2.44. The van der Waals surface area contributed by atoms with Crippen LogP contribution in [0.25, 0.3) is 11.0 Å². The number of esters is 1. The summed E-state index contributed by atoms with van der Waals surface area (Å²) >= 11 is 3.32. The number of nitrogens with zero attached hydrogens (tertiary/aromatic N) is 2. The Labute approximate surface area is 101 Å². The molecule has 0 saturated carbocycles. The van der Waals surface area contributed by atoms with Crippen LogP contribution in [-0.2, 0) is 23.0 Å². The fraction of sp³-hybridized carbons (Fsp3) is 0.273. The van der Waals surface area contributed by atoms with Gasteiger partial charge in [-0.3, -0.25) is 4.79 Å². The molecular weight excluding hydrogens is 272 g/mol. The summed E-state index contributed by atoms with van der Waals surface area (Å²) in [6.07, 6.45) is 2.15. The maximum atomic E-state index is 11.2. The van der Waals surface area contributed by atoms with E-state index < -0.39 is 0 Å². The van der Waals surface area contributed by atoms with Crippen molar-refractivity contribution in [1.82, 2.24) is 9.55 Å². The number of hydrogen-bond acceptors (Lipinski definition) is 3. The largest absolute Gasteiger partial charge is 0.469 e. The van der Waals surface area contributed by atoms with Crippen molar-refractivity contribution >= 4 is 32.9 Å². The minimum absolute atomic E-state index is 0.247. The van der Waals surface area contributed by atoms with Gasteiger partial charge in [-0.1, -0.05) is 0 Å². The van der Waals surface area contributed by atoms with Gasteiger partial charge in [-0.15, -0.1) is 0 Å². The van der Waals surface area contributed by atoms with Crippen LogP contribution in [0.15, 0.2) is 22.9 Å². The Hall–Kier alpha value is -1.36. The van der Waals surface area contributed by atoms with Gasteiger partial charge in [0.1, 0.15) is 4.60 Å². The number of fused-ring (bicyclic) bond motifs is 1. The van der Waals surface area contributed by atoms with E-state index >= 15 is 0 Å². The molecule has 5 heteroatoms. The summed E-state index contributed by atoms with van der Waals surface area (Å²) in [4.78, 5) is 15.6. The Balaban J connectivity index is 2.52. The zero-order chi connectivity index (χ0) is 11.7. The van der Waals surface area contributed by atoms with E-state index in [1.54, 1.807) is 0 Å². The number of rotatable bonds is 2. The number of aromatic nitrogens is 2. The molecule has 4 nitrogen and oxygen atoms in total. The van der Waals surface area contributed by atoms with Crippen LogP contribution in [0.5, 0.6) is 0 Å². The molecule has 2 aromatic heterocycles. The second kappa shape index (κ2) is 4.25. The van der Waals surface area contributed by atoms with E-state index in [-0.39, 0.29) is 12.4 Å². The maximum Gasteiger partial charge on any atom is 0.310 e. The normalized spacial score (nSPS) is 10.7. The summed E-state index contributed by atoms with van der Waals surface area (Å²) < 4.78 is 7.37. The molecule has 0 fully saturated rings. The van der Waals surface area contributed by atoms with Gasteiger partial charge in [-0.25, -0.2) is 4.98 Å². The van der Waals surface area contributed by atoms with Crippen LogP contribution in [0.1, 0.15) is 5.56 Å². The van der Waals surface area contributed by atoms with Crippen LogP contribution in [0, 0.1) is 0 Å². The number of methoxy groups -OCH3 is 1. The van der Waals surface area contributed by atoms with Crippen LogP contribution in [0.2, 0.25) is 0 Å². The Morgan fingerprint density at radius 2 is 2.31 bits per heavy atom. The van der Waals surface area contributed by atoms with E-state index in [0.29, 0.717) is 0 Å². The molecule has 0 aliphatic rings. The summed E-state index contributed by atoms with van der Waals surface area (Å²) in [6, 6.07) is 3.84. The Bertz CT molecular complexity index is 548. The SMILES string of the molecule is COC(=O)Cc1cn(C)c2ccc(Br)nc12. The third kappa shape index (κ3) is 1.95. The van der Waals surface area contributed by atoms with Gasteiger partial charge in [0.25, 0.3) is 0 Å². The summed E-state index contributed by atoms with van der Waals surface area (Å²) in [5, 5.41) is 0. The first-order chi connectivity index (χ1) is 7.61. The molecule has 84 valence electrons. The zero-order valence-corrected chi connectivity index (χ0v) is 10.6. The predicted octanol–water partition coefficient (Wildman–Crippen LogP) is 2.05. The second-order valence-electron chi connectivity index (χ2n) is 3.52. The highest BCUT2D eigenvalue weighted by Crippen LogP contribution is 2.21. The van der Waals surface area contributed by atoms with Crippen LogP contribution in [-0.4, -0.2) is 22.6 Å². The van der Waals surface area contributed by atoms with Crippen molar-refractivity contribution in [2.24, 2.45) is 7.05 Å². The number of hydrogen-bond donors (Lipinski definition) is 0. The highest BCUT2D eigenvalue weighted by atomic mass is 79.9. The van der Waals surface area contributed by atoms with Crippen molar-refractivity contribution < 1.29 is 9.53 Å². The van der Waals surface area contributed by atoms with Crippen molar-refractivity contribution in [3.8, 4) is 0 Å². The van der Waals surface area contributed by atoms with Gasteiger partial charge in [-0.2, -0.15) is 0 Å². The molecule has 0 unspecified atom stereocenters. The predicted molar refractivity (Wildman–Crippen MR) is 64.1 cm³/mol. The number of ether oxygens (including phenoxy) is 1. The van der Waals surface area contributed by atoms with Crippen molar-refractivity contribution in [2.45, 2.75) is 6.42 Å². The molecule has 0 aliphatic carbocycles. The molecule has 16 heavy (non-hydrogen) atoms. The van der Waals surface area contributed by atoms with Gasteiger partial charge in [0.15, 0.2) is 0 Å². The van der Waals surface area contributed by atoms with Crippen LogP contribution < -0.4 is 0 Å². The molecule has 2 rings (SSSR count). The Kier molecular flexibility index (Phi) is 2.96. The number of carbonyl (C=O) groups excluding carboxylic acids is 1. The molecule has 0 spiro atoms. The van der Waals surface area contributed by atoms with Crippen LogP contribution in [0.3, 0.4) is 0 Å². The van der Waals surface area contributed by atoms with Gasteiger partial charge in [-0.05, 0) is 28.1 Å². The molecule has 0 bridgehead atoms. The summed E-state index contributed by atoms with van der Waals surface area (Å²) in [5.41, 5.74) is 2.72. The molecule has 0 aromatic carbocycles. The summed E-state index contributed by atoms with van der Waals surface area (Å²) in [7, 11) is 3.31. The topological polar surface area (TPSA) is 44.1 Å². The van der Waals surface area contributed by atoms with E-state index in [1.165, 1.54) is 7.11 Å². The lowest BCUT2D eigenvalue weighted by Crippen LogP contribution is -2.04. The number of pyridine rings is 1. The van der Waals surface area contributed by atoms with Crippen molar-refractivity contribution in [3.05, 3.63) is 28.5 Å². The molecule has 0 saturated heterocycles. The lowest BCUT2D eigenvalue weighted by molar-refractivity contribution is -0.139. The molecule has 0 amide bonds. The third-order valence-corrected chi connectivity index (χ3v) is 2.88. The highest BCUT2D eigenvalue weighted by molar-refractivity contribution is 9.10. The van der Waals surface area contributed by atoms with Gasteiger partial charge < -0.3 is 9.30 Å². The molecule has 0 aliphatic heterocycles.